The van der Waals surface area contributed by atoms with Crippen LogP contribution in [0.3, 0.4) is 0 Å². The van der Waals surface area contributed by atoms with Crippen molar-refractivity contribution >= 4 is 69.4 Å². The molecule has 1 aromatic carbocycles. The van der Waals surface area contributed by atoms with E-state index < -0.39 is 70.3 Å². The lowest BCUT2D eigenvalue weighted by atomic mass is 9.87. The molecule has 2 fully saturated rings. The maximum atomic E-state index is 13.3. The minimum atomic E-state index is -1.27. The van der Waals surface area contributed by atoms with Gasteiger partial charge in [0, 0.05) is 29.8 Å². The molecule has 0 radical (unpaired) electrons. The van der Waals surface area contributed by atoms with Gasteiger partial charge in [-0.3, -0.25) is 29.3 Å². The van der Waals surface area contributed by atoms with Gasteiger partial charge in [0.25, 0.3) is 11.6 Å². The zero-order chi connectivity index (χ0) is 35.2. The lowest BCUT2D eigenvalue weighted by molar-refractivity contribution is -0.384. The maximum Gasteiger partial charge on any atom is 0.347 e. The van der Waals surface area contributed by atoms with Gasteiger partial charge in [0.2, 0.25) is 19.3 Å². The fraction of sp³-hybridized carbons (Fsp3) is 0.414. The summed E-state index contributed by atoms with van der Waals surface area (Å²) >= 11 is 2.25. The van der Waals surface area contributed by atoms with Crippen molar-refractivity contribution in [2.75, 3.05) is 31.4 Å². The molecule has 256 valence electrons. The minimum absolute atomic E-state index is 0.0368. The zero-order valence-corrected chi connectivity index (χ0v) is 27.7. The lowest BCUT2D eigenvalue weighted by Crippen LogP contribution is -2.73. The van der Waals surface area contributed by atoms with Gasteiger partial charge in [0.15, 0.2) is 10.8 Å². The Morgan fingerprint density at radius 1 is 1.23 bits per heavy atom. The van der Waals surface area contributed by atoms with Gasteiger partial charge in [-0.25, -0.2) is 9.78 Å². The third-order valence-electron chi connectivity index (χ3n) is 7.05. The molecule has 3 N–H and O–H groups in total. The number of benzene rings is 1. The number of β-lactam (4-membered cyclic amide) rings is 1. The van der Waals surface area contributed by atoms with Gasteiger partial charge in [-0.05, 0) is 38.5 Å². The van der Waals surface area contributed by atoms with Gasteiger partial charge in [0.05, 0.1) is 10.3 Å². The number of aromatic nitrogens is 1. The molecule has 1 aromatic heterocycles. The molecule has 0 saturated carbocycles. The van der Waals surface area contributed by atoms with E-state index >= 15 is 0 Å². The van der Waals surface area contributed by atoms with Crippen LogP contribution in [0, 0.1) is 20.9 Å². The van der Waals surface area contributed by atoms with Crippen LogP contribution in [0.4, 0.5) is 10.8 Å². The summed E-state index contributed by atoms with van der Waals surface area (Å²) in [5, 5.41) is 18.2. The van der Waals surface area contributed by atoms with Gasteiger partial charge in [-0.1, -0.05) is 11.2 Å². The highest BCUT2D eigenvalue weighted by Gasteiger charge is 2.57. The standard InChI is InChI=1S/C29H32N6O11S2/c1-5-29(26(40)45-15-44-25(39)28(2,3)4)13-34-23(38)21(24(34)48-14-29)32-22(37)20(18-12-47-27(30)31-18)33-46-11-19(36)43-10-16-6-8-17(9-7-16)35(41)42/h5-9,12,21,24H,1,10-11,13-15H2,2-4H3,(H2,30,31)(H,32,37)/t21?,24-,29?/m1/s1. The van der Waals surface area contributed by atoms with Gasteiger partial charge < -0.3 is 35.0 Å². The van der Waals surface area contributed by atoms with Crippen molar-refractivity contribution in [2.45, 2.75) is 38.8 Å². The molecular formula is C29H32N6O11S2. The quantitative estimate of drug-likeness (QED) is 0.0576. The molecule has 3 atom stereocenters. The van der Waals surface area contributed by atoms with Crippen LogP contribution in [0.15, 0.2) is 47.5 Å². The second kappa shape index (κ2) is 14.8. The summed E-state index contributed by atoms with van der Waals surface area (Å²) in [4.78, 5) is 84.3. The first-order valence-electron chi connectivity index (χ1n) is 14.2. The molecule has 2 aliphatic heterocycles. The van der Waals surface area contributed by atoms with Crippen LogP contribution in [0.1, 0.15) is 32.0 Å². The lowest BCUT2D eigenvalue weighted by Gasteiger charge is -2.53. The highest BCUT2D eigenvalue weighted by Crippen LogP contribution is 2.43. The molecule has 2 aromatic rings. The maximum absolute atomic E-state index is 13.3. The second-order valence-electron chi connectivity index (χ2n) is 11.6. The number of nitrogens with one attached hydrogen (secondary N) is 1. The normalized spacial score (nSPS) is 20.4. The van der Waals surface area contributed by atoms with Crippen LogP contribution in [0.25, 0.3) is 0 Å². The number of fused-ring (bicyclic) bond motifs is 1. The van der Waals surface area contributed by atoms with Crippen molar-refractivity contribution in [3.05, 3.63) is 63.7 Å². The van der Waals surface area contributed by atoms with Crippen LogP contribution in [-0.2, 0) is 49.6 Å². The van der Waals surface area contributed by atoms with Crippen LogP contribution in [0.2, 0.25) is 0 Å². The highest BCUT2D eigenvalue weighted by molar-refractivity contribution is 8.00. The van der Waals surface area contributed by atoms with Gasteiger partial charge >= 0.3 is 17.9 Å². The van der Waals surface area contributed by atoms with Gasteiger partial charge in [-0.2, -0.15) is 0 Å². The first-order valence-corrected chi connectivity index (χ1v) is 16.1. The molecule has 2 unspecified atom stereocenters. The number of carbonyl (C=O) groups excluding carboxylic acids is 5. The van der Waals surface area contributed by atoms with E-state index in [1.807, 2.05) is 0 Å². The van der Waals surface area contributed by atoms with Crippen molar-refractivity contribution < 1.29 is 47.9 Å². The smallest absolute Gasteiger partial charge is 0.347 e. The Balaban J connectivity index is 1.33. The molecule has 0 bridgehead atoms. The topological polar surface area (TPSA) is 232 Å². The van der Waals surface area contributed by atoms with E-state index in [2.05, 4.69) is 22.0 Å². The number of hydrogen-bond acceptors (Lipinski definition) is 16. The van der Waals surface area contributed by atoms with E-state index in [9.17, 15) is 34.1 Å². The number of anilines is 1. The molecule has 48 heavy (non-hydrogen) atoms. The molecule has 4 rings (SSSR count). The van der Waals surface area contributed by atoms with Crippen LogP contribution >= 0.6 is 23.1 Å². The Bertz CT molecular complexity index is 1640. The van der Waals surface area contributed by atoms with E-state index in [1.54, 1.807) is 20.8 Å². The number of nitrogens with zero attached hydrogens (tertiary/aromatic N) is 4. The molecule has 19 heteroatoms. The van der Waals surface area contributed by atoms with E-state index in [0.29, 0.717) is 5.56 Å². The van der Waals surface area contributed by atoms with Crippen LogP contribution < -0.4 is 11.1 Å². The van der Waals surface area contributed by atoms with Crippen molar-refractivity contribution in [3.8, 4) is 0 Å². The summed E-state index contributed by atoms with van der Waals surface area (Å²) in [6.45, 7) is 7.18. The van der Waals surface area contributed by atoms with Crippen molar-refractivity contribution in [1.82, 2.24) is 15.2 Å². The monoisotopic (exact) mass is 704 g/mol. The number of non-ortho nitro benzene ring substituents is 1. The predicted molar refractivity (Wildman–Crippen MR) is 171 cm³/mol. The SMILES string of the molecule is C=CC1(C(=O)OCOC(=O)C(C)(C)C)CS[C@@H]2C(NC(=O)C(=NOCC(=O)OCc3ccc([N+](=O)[O-])cc3)c3csc(N)n3)C(=O)N2C1. The van der Waals surface area contributed by atoms with E-state index in [1.165, 1.54) is 52.4 Å². The minimum Gasteiger partial charge on any atom is -0.458 e. The molecular weight excluding hydrogens is 672 g/mol. The fourth-order valence-corrected chi connectivity index (χ4v) is 6.38. The number of rotatable bonds is 13. The number of oxime groups is 1. The second-order valence-corrected chi connectivity index (χ2v) is 13.6. The Morgan fingerprint density at radius 3 is 2.54 bits per heavy atom. The number of hydrogen-bond donors (Lipinski definition) is 2. The number of amides is 2. The number of nitro groups is 1. The van der Waals surface area contributed by atoms with Gasteiger partial charge in [-0.15, -0.1) is 29.7 Å². The number of nitrogen functional groups attached to an aromatic ring is 1. The summed E-state index contributed by atoms with van der Waals surface area (Å²) in [6, 6.07) is 4.42. The summed E-state index contributed by atoms with van der Waals surface area (Å²) < 4.78 is 15.3. The number of esters is 3. The highest BCUT2D eigenvalue weighted by atomic mass is 32.2. The fourth-order valence-electron chi connectivity index (χ4n) is 4.30. The van der Waals surface area contributed by atoms with Crippen LogP contribution in [0.5, 0.6) is 0 Å². The molecule has 0 aliphatic carbocycles. The summed E-state index contributed by atoms with van der Waals surface area (Å²) in [7, 11) is 0. The zero-order valence-electron chi connectivity index (χ0n) is 26.0. The number of nitro benzene ring substituents is 1. The molecule has 2 saturated heterocycles. The number of nitrogens with two attached hydrogens (primary N) is 1. The Kier molecular flexibility index (Phi) is 11.0. The third-order valence-corrected chi connectivity index (χ3v) is 9.27. The Hall–Kier alpha value is -5.04. The van der Waals surface area contributed by atoms with Gasteiger partial charge in [0.1, 0.15) is 29.1 Å². The largest absolute Gasteiger partial charge is 0.458 e. The number of carbonyl (C=O) groups is 5. The average Bonchev–Trinajstić information content (AvgIpc) is 3.49. The molecule has 2 amide bonds. The number of thiazole rings is 1. The van der Waals surface area contributed by atoms with Crippen LogP contribution in [-0.4, -0.2) is 87.4 Å². The summed E-state index contributed by atoms with van der Waals surface area (Å²) in [5.41, 5.74) is 3.73. The van der Waals surface area contributed by atoms with Crippen molar-refractivity contribution in [3.63, 3.8) is 0 Å². The third kappa shape index (κ3) is 8.26. The summed E-state index contributed by atoms with van der Waals surface area (Å²) in [6.07, 6.45) is 1.38. The van der Waals surface area contributed by atoms with Crippen molar-refractivity contribution in [2.24, 2.45) is 16.0 Å². The molecule has 17 nitrogen and oxygen atoms in total. The summed E-state index contributed by atoms with van der Waals surface area (Å²) in [5.74, 6) is -3.26. The van der Waals surface area contributed by atoms with E-state index in [0.717, 1.165) is 11.3 Å². The molecule has 0 spiro atoms. The van der Waals surface area contributed by atoms with E-state index in [-0.39, 0.29) is 41.1 Å². The average molecular weight is 705 g/mol. The predicted octanol–water partition coefficient (Wildman–Crippen LogP) is 1.76. The van der Waals surface area contributed by atoms with E-state index in [4.69, 9.17) is 24.8 Å². The van der Waals surface area contributed by atoms with Crippen molar-refractivity contribution in [1.29, 1.82) is 0 Å². The first-order chi connectivity index (χ1) is 22.6. The molecule has 3 heterocycles. The Morgan fingerprint density at radius 2 is 1.94 bits per heavy atom. The first kappa shape index (κ1) is 35.8. The number of thioether (sulfide) groups is 1. The molecule has 2 aliphatic rings. The Labute approximate surface area is 281 Å². The number of ether oxygens (including phenoxy) is 3.